The highest BCUT2D eigenvalue weighted by atomic mass is 35.5. The van der Waals surface area contributed by atoms with Crippen LogP contribution in [0.3, 0.4) is 0 Å². The molecule has 7 heteroatoms. The number of carboxylic acid groups (broad SMARTS) is 1. The van der Waals surface area contributed by atoms with Gasteiger partial charge in [-0.05, 0) is 43.4 Å². The Kier molecular flexibility index (Phi) is 5.59. The number of hydrogen-bond donors (Lipinski definition) is 1. The molecule has 0 aromatic heterocycles. The summed E-state index contributed by atoms with van der Waals surface area (Å²) in [7, 11) is 0. The molecule has 1 aromatic carbocycles. The minimum atomic E-state index is -0.773. The highest BCUT2D eigenvalue weighted by Crippen LogP contribution is 2.32. The molecular formula is C18H21ClFNO4. The van der Waals surface area contributed by atoms with Crippen LogP contribution in [0.15, 0.2) is 18.2 Å². The Labute approximate surface area is 150 Å². The Hall–Kier alpha value is -1.66. The Morgan fingerprint density at radius 2 is 1.88 bits per heavy atom. The van der Waals surface area contributed by atoms with Crippen molar-refractivity contribution in [2.75, 3.05) is 19.7 Å². The largest absolute Gasteiger partial charge is 0.481 e. The van der Waals surface area contributed by atoms with E-state index in [0.29, 0.717) is 45.4 Å². The Bertz CT molecular complexity index is 660. The lowest BCUT2D eigenvalue weighted by atomic mass is 9.81. The first kappa shape index (κ1) is 18.1. The van der Waals surface area contributed by atoms with Gasteiger partial charge in [0, 0.05) is 12.5 Å². The minimum absolute atomic E-state index is 0.0385. The lowest BCUT2D eigenvalue weighted by Crippen LogP contribution is -2.45. The van der Waals surface area contributed by atoms with Gasteiger partial charge in [0.15, 0.2) is 0 Å². The van der Waals surface area contributed by atoms with Crippen LogP contribution in [0.2, 0.25) is 5.02 Å². The molecule has 3 rings (SSSR count). The first-order valence-electron chi connectivity index (χ1n) is 8.54. The maximum Gasteiger partial charge on any atom is 0.306 e. The van der Waals surface area contributed by atoms with Crippen molar-refractivity contribution in [2.45, 2.75) is 31.8 Å². The van der Waals surface area contributed by atoms with Crippen molar-refractivity contribution in [2.24, 2.45) is 11.8 Å². The second-order valence-corrected chi connectivity index (χ2v) is 7.11. The van der Waals surface area contributed by atoms with Gasteiger partial charge in [-0.25, -0.2) is 4.39 Å². The normalized spacial score (nSPS) is 27.1. The summed E-state index contributed by atoms with van der Waals surface area (Å²) in [4.78, 5) is 25.6. The van der Waals surface area contributed by atoms with Gasteiger partial charge in [0.25, 0.3) is 0 Å². The number of carbonyl (C=O) groups is 2. The summed E-state index contributed by atoms with van der Waals surface area (Å²) in [6, 6.07) is 4.46. The monoisotopic (exact) mass is 369 g/mol. The smallest absolute Gasteiger partial charge is 0.306 e. The van der Waals surface area contributed by atoms with Crippen molar-refractivity contribution < 1.29 is 23.8 Å². The number of aliphatic carboxylic acids is 1. The number of halogens is 2. The van der Waals surface area contributed by atoms with Gasteiger partial charge in [-0.1, -0.05) is 17.7 Å². The van der Waals surface area contributed by atoms with Crippen molar-refractivity contribution >= 4 is 23.5 Å². The number of carbonyl (C=O) groups excluding carboxylic acids is 1. The van der Waals surface area contributed by atoms with E-state index < -0.39 is 11.8 Å². The molecule has 0 spiro atoms. The zero-order valence-electron chi connectivity index (χ0n) is 13.8. The van der Waals surface area contributed by atoms with E-state index in [2.05, 4.69) is 0 Å². The zero-order valence-corrected chi connectivity index (χ0v) is 14.5. The lowest BCUT2D eigenvalue weighted by Gasteiger charge is -2.36. The van der Waals surface area contributed by atoms with E-state index in [9.17, 15) is 14.0 Å². The van der Waals surface area contributed by atoms with E-state index in [1.165, 1.54) is 12.1 Å². The predicted octanol–water partition coefficient (Wildman–Crippen LogP) is 3.27. The Morgan fingerprint density at radius 1 is 1.20 bits per heavy atom. The maximum absolute atomic E-state index is 13.3. The zero-order chi connectivity index (χ0) is 18.0. The molecule has 1 saturated heterocycles. The molecule has 25 heavy (non-hydrogen) atoms. The van der Waals surface area contributed by atoms with Gasteiger partial charge in [0.05, 0.1) is 24.1 Å². The van der Waals surface area contributed by atoms with Crippen molar-refractivity contribution in [3.05, 3.63) is 34.6 Å². The topological polar surface area (TPSA) is 66.8 Å². The van der Waals surface area contributed by atoms with E-state index in [4.69, 9.17) is 21.4 Å². The van der Waals surface area contributed by atoms with Crippen LogP contribution in [-0.4, -0.2) is 41.6 Å². The molecule has 5 nitrogen and oxygen atoms in total. The quantitative estimate of drug-likeness (QED) is 0.888. The van der Waals surface area contributed by atoms with Gasteiger partial charge >= 0.3 is 5.97 Å². The van der Waals surface area contributed by atoms with Gasteiger partial charge in [-0.15, -0.1) is 0 Å². The number of rotatable bonds is 3. The van der Waals surface area contributed by atoms with Crippen LogP contribution in [-0.2, 0) is 14.3 Å². The summed E-state index contributed by atoms with van der Waals surface area (Å²) in [5.41, 5.74) is 0.749. The van der Waals surface area contributed by atoms with E-state index in [-0.39, 0.29) is 28.9 Å². The van der Waals surface area contributed by atoms with Crippen LogP contribution in [0, 0.1) is 17.7 Å². The number of benzene rings is 1. The predicted molar refractivity (Wildman–Crippen MR) is 89.8 cm³/mol. The number of amides is 1. The fourth-order valence-electron chi connectivity index (χ4n) is 3.61. The summed E-state index contributed by atoms with van der Waals surface area (Å²) in [6.07, 6.45) is 1.99. The molecule has 2 fully saturated rings. The van der Waals surface area contributed by atoms with E-state index in [0.717, 1.165) is 5.56 Å². The number of carboxylic acids is 1. The molecule has 1 amide bonds. The number of ether oxygens (including phenoxy) is 1. The molecule has 136 valence electrons. The third-order valence-electron chi connectivity index (χ3n) is 5.12. The molecule has 1 aromatic rings. The molecule has 0 bridgehead atoms. The molecule has 2 aliphatic rings. The van der Waals surface area contributed by atoms with Crippen molar-refractivity contribution in [3.8, 4) is 0 Å². The van der Waals surface area contributed by atoms with Crippen LogP contribution in [0.4, 0.5) is 4.39 Å². The van der Waals surface area contributed by atoms with Crippen LogP contribution < -0.4 is 0 Å². The molecule has 1 N–H and O–H groups in total. The summed E-state index contributed by atoms with van der Waals surface area (Å²) in [5, 5.41) is 9.10. The van der Waals surface area contributed by atoms with Gasteiger partial charge in [0.1, 0.15) is 11.9 Å². The molecule has 1 aliphatic carbocycles. The van der Waals surface area contributed by atoms with Gasteiger partial charge in [-0.2, -0.15) is 0 Å². The highest BCUT2D eigenvalue weighted by Gasteiger charge is 2.34. The molecule has 1 saturated carbocycles. The Balaban J connectivity index is 1.62. The van der Waals surface area contributed by atoms with Crippen LogP contribution in [0.1, 0.15) is 37.4 Å². The third kappa shape index (κ3) is 4.12. The standard InChI is InChI=1S/C18H21ClFNO4/c19-14-9-13(5-6-15(14)20)16-10-21(7-8-25-16)17(22)11-1-3-12(4-2-11)18(23)24/h5-6,9,11-12,16H,1-4,7-8,10H2,(H,23,24). The molecular weight excluding hydrogens is 349 g/mol. The Morgan fingerprint density at radius 3 is 2.52 bits per heavy atom. The second-order valence-electron chi connectivity index (χ2n) is 6.70. The first-order chi connectivity index (χ1) is 12.0. The van der Waals surface area contributed by atoms with Crippen molar-refractivity contribution in [1.82, 2.24) is 4.90 Å². The molecule has 1 heterocycles. The van der Waals surface area contributed by atoms with E-state index >= 15 is 0 Å². The van der Waals surface area contributed by atoms with Crippen LogP contribution >= 0.6 is 11.6 Å². The molecule has 0 radical (unpaired) electrons. The fraction of sp³-hybridized carbons (Fsp3) is 0.556. The number of nitrogens with zero attached hydrogens (tertiary/aromatic N) is 1. The van der Waals surface area contributed by atoms with E-state index in [1.807, 2.05) is 0 Å². The average molecular weight is 370 g/mol. The van der Waals surface area contributed by atoms with Crippen LogP contribution in [0.25, 0.3) is 0 Å². The summed E-state index contributed by atoms with van der Waals surface area (Å²) in [5.74, 6) is -1.64. The SMILES string of the molecule is O=C(O)C1CCC(C(=O)N2CCOC(c3ccc(F)c(Cl)c3)C2)CC1. The summed E-state index contributed by atoms with van der Waals surface area (Å²) < 4.78 is 19.0. The highest BCUT2D eigenvalue weighted by molar-refractivity contribution is 6.30. The fourth-order valence-corrected chi connectivity index (χ4v) is 3.80. The van der Waals surface area contributed by atoms with Gasteiger partial charge in [0.2, 0.25) is 5.91 Å². The number of hydrogen-bond acceptors (Lipinski definition) is 3. The maximum atomic E-state index is 13.3. The first-order valence-corrected chi connectivity index (χ1v) is 8.91. The molecule has 1 aliphatic heterocycles. The van der Waals surface area contributed by atoms with Crippen LogP contribution in [0.5, 0.6) is 0 Å². The lowest BCUT2D eigenvalue weighted by molar-refractivity contribution is -0.148. The van der Waals surface area contributed by atoms with E-state index in [1.54, 1.807) is 11.0 Å². The van der Waals surface area contributed by atoms with Gasteiger partial charge in [-0.3, -0.25) is 9.59 Å². The number of morpholine rings is 1. The van der Waals surface area contributed by atoms with Gasteiger partial charge < -0.3 is 14.7 Å². The van der Waals surface area contributed by atoms with Crippen molar-refractivity contribution in [1.29, 1.82) is 0 Å². The second kappa shape index (κ2) is 7.70. The summed E-state index contributed by atoms with van der Waals surface area (Å²) in [6.45, 7) is 1.33. The minimum Gasteiger partial charge on any atom is -0.481 e. The average Bonchev–Trinajstić information content (AvgIpc) is 2.63. The molecule has 1 unspecified atom stereocenters. The molecule has 1 atom stereocenters. The summed E-state index contributed by atoms with van der Waals surface area (Å²) >= 11 is 5.83. The van der Waals surface area contributed by atoms with Crippen molar-refractivity contribution in [3.63, 3.8) is 0 Å². The third-order valence-corrected chi connectivity index (χ3v) is 5.41.